The molecule has 1 atom stereocenters. The Morgan fingerprint density at radius 2 is 2.26 bits per heavy atom. The number of carbonyl (C=O) groups excluding carboxylic acids is 1. The molecule has 7 nitrogen and oxygen atoms in total. The van der Waals surface area contributed by atoms with Crippen molar-refractivity contribution in [1.82, 2.24) is 19.8 Å². The quantitative estimate of drug-likeness (QED) is 0.437. The van der Waals surface area contributed by atoms with Crippen molar-refractivity contribution in [1.29, 1.82) is 0 Å². The summed E-state index contributed by atoms with van der Waals surface area (Å²) < 4.78 is 13.1. The zero-order chi connectivity index (χ0) is 21.4. The summed E-state index contributed by atoms with van der Waals surface area (Å²) in [6.07, 6.45) is 5.63. The maximum absolute atomic E-state index is 11.8. The molecule has 0 spiro atoms. The van der Waals surface area contributed by atoms with Crippen molar-refractivity contribution in [2.24, 2.45) is 0 Å². The smallest absolute Gasteiger partial charge is 0.279 e. The highest BCUT2D eigenvalue weighted by Gasteiger charge is 2.27. The molecule has 0 aliphatic carbocycles. The molecule has 31 heavy (non-hydrogen) atoms. The van der Waals surface area contributed by atoms with Gasteiger partial charge in [-0.25, -0.2) is 4.98 Å². The molecular formula is C23H24N4O3S. The van der Waals surface area contributed by atoms with Gasteiger partial charge in [-0.2, -0.15) is 0 Å². The third kappa shape index (κ3) is 4.26. The van der Waals surface area contributed by atoms with Crippen molar-refractivity contribution in [2.75, 3.05) is 20.1 Å². The topological polar surface area (TPSA) is 71.7 Å². The summed E-state index contributed by atoms with van der Waals surface area (Å²) in [5.41, 5.74) is 1.67. The minimum absolute atomic E-state index is 0.163. The minimum Gasteiger partial charge on any atom is -0.460 e. The first-order valence-electron chi connectivity index (χ1n) is 10.4. The molecule has 4 heterocycles. The molecule has 1 aliphatic heterocycles. The number of benzene rings is 1. The van der Waals surface area contributed by atoms with Crippen LogP contribution in [0.1, 0.15) is 25.5 Å². The summed E-state index contributed by atoms with van der Waals surface area (Å²) >= 11 is 1.50. The molecule has 1 unspecified atom stereocenters. The van der Waals surface area contributed by atoms with Gasteiger partial charge in [-0.05, 0) is 50.2 Å². The Bertz CT molecular complexity index is 1200. The van der Waals surface area contributed by atoms with Gasteiger partial charge in [0.25, 0.3) is 5.19 Å². The lowest BCUT2D eigenvalue weighted by Gasteiger charge is -2.27. The van der Waals surface area contributed by atoms with Crippen LogP contribution in [0.5, 0.6) is 10.9 Å². The third-order valence-corrected chi connectivity index (χ3v) is 6.56. The molecule has 8 heteroatoms. The number of amides is 1. The number of rotatable bonds is 6. The molecule has 0 bridgehead atoms. The van der Waals surface area contributed by atoms with E-state index >= 15 is 0 Å². The zero-order valence-electron chi connectivity index (χ0n) is 17.6. The van der Waals surface area contributed by atoms with Crippen molar-refractivity contribution in [2.45, 2.75) is 32.4 Å². The molecule has 3 aromatic heterocycles. The minimum atomic E-state index is 0.163. The lowest BCUT2D eigenvalue weighted by molar-refractivity contribution is -0.129. The standard InChI is InChI=1S/C23H24N4O3S/c1-15(28)27-9-3-4-17(27)13-26(2)14-19-11-16-10-18(5-6-21(16)29-19)30-23-25-20-12-24-8-7-22(20)31-23/h5-8,10-12,17H,3-4,9,13-14H2,1-2H3. The number of pyridine rings is 1. The van der Waals surface area contributed by atoms with Crippen molar-refractivity contribution in [3.05, 3.63) is 48.5 Å². The number of likely N-dealkylation sites (N-methyl/N-ethyl adjacent to an activating group) is 1. The maximum Gasteiger partial charge on any atom is 0.279 e. The molecule has 1 aromatic carbocycles. The van der Waals surface area contributed by atoms with Gasteiger partial charge in [0, 0.05) is 37.6 Å². The van der Waals surface area contributed by atoms with Crippen molar-refractivity contribution >= 4 is 38.4 Å². The van der Waals surface area contributed by atoms with Gasteiger partial charge < -0.3 is 14.1 Å². The number of hydrogen-bond donors (Lipinski definition) is 0. The van der Waals surface area contributed by atoms with E-state index in [1.54, 1.807) is 19.3 Å². The van der Waals surface area contributed by atoms with Gasteiger partial charge in [-0.15, -0.1) is 0 Å². The van der Waals surface area contributed by atoms with Crippen LogP contribution in [0.15, 0.2) is 47.1 Å². The Morgan fingerprint density at radius 3 is 3.10 bits per heavy atom. The molecule has 0 radical (unpaired) electrons. The fourth-order valence-corrected chi connectivity index (χ4v) is 5.05. The second-order valence-corrected chi connectivity index (χ2v) is 9.04. The van der Waals surface area contributed by atoms with Crippen LogP contribution in [-0.2, 0) is 11.3 Å². The monoisotopic (exact) mass is 436 g/mol. The predicted molar refractivity (Wildman–Crippen MR) is 120 cm³/mol. The van der Waals surface area contributed by atoms with Gasteiger partial charge in [-0.1, -0.05) is 11.3 Å². The van der Waals surface area contributed by atoms with Gasteiger partial charge in [-0.3, -0.25) is 14.7 Å². The van der Waals surface area contributed by atoms with Gasteiger partial charge >= 0.3 is 0 Å². The number of fused-ring (bicyclic) bond motifs is 2. The van der Waals surface area contributed by atoms with Crippen LogP contribution in [0.2, 0.25) is 0 Å². The Balaban J connectivity index is 1.27. The van der Waals surface area contributed by atoms with Gasteiger partial charge in [0.15, 0.2) is 0 Å². The number of nitrogens with zero attached hydrogens (tertiary/aromatic N) is 4. The van der Waals surface area contributed by atoms with E-state index in [9.17, 15) is 4.79 Å². The predicted octanol–water partition coefficient (Wildman–Crippen LogP) is 4.67. The number of thiazole rings is 1. The summed E-state index contributed by atoms with van der Waals surface area (Å²) in [6.45, 7) is 4.06. The Kier molecular flexibility index (Phi) is 5.33. The molecular weight excluding hydrogens is 412 g/mol. The highest BCUT2D eigenvalue weighted by atomic mass is 32.1. The van der Waals surface area contributed by atoms with Gasteiger partial charge in [0.2, 0.25) is 5.91 Å². The summed E-state index contributed by atoms with van der Waals surface area (Å²) in [7, 11) is 2.07. The molecule has 0 N–H and O–H groups in total. The molecule has 1 amide bonds. The van der Waals surface area contributed by atoms with Crippen LogP contribution in [-0.4, -0.2) is 51.9 Å². The summed E-state index contributed by atoms with van der Waals surface area (Å²) in [6, 6.07) is 10.1. The Labute approximate surface area is 184 Å². The van der Waals surface area contributed by atoms with Crippen LogP contribution in [0.3, 0.4) is 0 Å². The second kappa shape index (κ2) is 8.28. The molecule has 4 aromatic rings. The maximum atomic E-state index is 11.8. The average Bonchev–Trinajstić information content (AvgIpc) is 3.44. The molecule has 1 aliphatic rings. The summed E-state index contributed by atoms with van der Waals surface area (Å²) in [5, 5.41) is 1.59. The third-order valence-electron chi connectivity index (χ3n) is 5.64. The van der Waals surface area contributed by atoms with Crippen LogP contribution in [0.25, 0.3) is 21.2 Å². The lowest BCUT2D eigenvalue weighted by atomic mass is 10.2. The first-order chi connectivity index (χ1) is 15.0. The molecule has 0 saturated carbocycles. The van der Waals surface area contributed by atoms with Gasteiger partial charge in [0.1, 0.15) is 22.6 Å². The van der Waals surface area contributed by atoms with Crippen LogP contribution < -0.4 is 4.74 Å². The van der Waals surface area contributed by atoms with Crippen LogP contribution in [0.4, 0.5) is 0 Å². The average molecular weight is 437 g/mol. The number of ether oxygens (including phenoxy) is 1. The van der Waals surface area contributed by atoms with E-state index in [1.165, 1.54) is 11.3 Å². The van der Waals surface area contributed by atoms with E-state index < -0.39 is 0 Å². The number of hydrogen-bond acceptors (Lipinski definition) is 7. The Hall–Kier alpha value is -2.97. The second-order valence-electron chi connectivity index (χ2n) is 8.04. The number of furan rings is 1. The van der Waals surface area contributed by atoms with E-state index in [0.717, 1.165) is 58.6 Å². The van der Waals surface area contributed by atoms with E-state index in [1.807, 2.05) is 29.2 Å². The molecule has 1 fully saturated rings. The Morgan fingerprint density at radius 1 is 1.35 bits per heavy atom. The normalized spacial score (nSPS) is 16.6. The molecule has 5 rings (SSSR count). The molecule has 160 valence electrons. The van der Waals surface area contributed by atoms with Crippen molar-refractivity contribution < 1.29 is 13.9 Å². The highest BCUT2D eigenvalue weighted by Crippen LogP contribution is 2.33. The first-order valence-corrected chi connectivity index (χ1v) is 11.2. The van der Waals surface area contributed by atoms with Gasteiger partial charge in [0.05, 0.1) is 17.4 Å². The first kappa shape index (κ1) is 20.0. The summed E-state index contributed by atoms with van der Waals surface area (Å²) in [5.74, 6) is 1.79. The van der Waals surface area contributed by atoms with Crippen molar-refractivity contribution in [3.8, 4) is 10.9 Å². The highest BCUT2D eigenvalue weighted by molar-refractivity contribution is 7.20. The lowest BCUT2D eigenvalue weighted by Crippen LogP contribution is -2.40. The van der Waals surface area contributed by atoms with E-state index in [0.29, 0.717) is 11.7 Å². The van der Waals surface area contributed by atoms with E-state index in [4.69, 9.17) is 9.15 Å². The van der Waals surface area contributed by atoms with Crippen LogP contribution in [0, 0.1) is 0 Å². The van der Waals surface area contributed by atoms with Crippen molar-refractivity contribution in [3.63, 3.8) is 0 Å². The largest absolute Gasteiger partial charge is 0.460 e. The van der Waals surface area contributed by atoms with E-state index in [2.05, 4.69) is 28.0 Å². The number of aromatic nitrogens is 2. The number of likely N-dealkylation sites (tertiary alicyclic amines) is 1. The number of carbonyl (C=O) groups is 1. The summed E-state index contributed by atoms with van der Waals surface area (Å²) in [4.78, 5) is 24.6. The van der Waals surface area contributed by atoms with Crippen LogP contribution >= 0.6 is 11.3 Å². The fourth-order valence-electron chi connectivity index (χ4n) is 4.25. The fraction of sp³-hybridized carbons (Fsp3) is 0.348. The zero-order valence-corrected chi connectivity index (χ0v) is 18.4. The molecule has 1 saturated heterocycles. The van der Waals surface area contributed by atoms with E-state index in [-0.39, 0.29) is 11.9 Å². The SMILES string of the molecule is CC(=O)N1CCCC1CN(C)Cc1cc2cc(Oc3nc4cnccc4s3)ccc2o1.